The summed E-state index contributed by atoms with van der Waals surface area (Å²) in [6.45, 7) is 18.7. The zero-order valence-electron chi connectivity index (χ0n) is 44.3. The number of benzene rings is 2. The molecule has 4 aliphatic rings. The van der Waals surface area contributed by atoms with Crippen molar-refractivity contribution in [1.29, 1.82) is 0 Å². The van der Waals surface area contributed by atoms with Crippen LogP contribution < -0.4 is 10.7 Å². The van der Waals surface area contributed by atoms with Crippen molar-refractivity contribution in [3.63, 3.8) is 0 Å². The number of ether oxygens (including phenoxy) is 2. The molecule has 6 bridgehead atoms. The second kappa shape index (κ2) is 21.9. The lowest BCUT2D eigenvalue weighted by Crippen LogP contribution is -2.63. The molecule has 2 aromatic carbocycles. The lowest BCUT2D eigenvalue weighted by atomic mass is 9.83. The van der Waals surface area contributed by atoms with Gasteiger partial charge in [-0.05, 0) is 130 Å². The van der Waals surface area contributed by atoms with E-state index < -0.39 is 64.7 Å². The van der Waals surface area contributed by atoms with Gasteiger partial charge >= 0.3 is 5.97 Å². The maximum atomic E-state index is 14.8. The van der Waals surface area contributed by atoms with Gasteiger partial charge < -0.3 is 39.2 Å². The van der Waals surface area contributed by atoms with E-state index in [0.717, 1.165) is 82.1 Å². The molecule has 3 saturated heterocycles. The lowest BCUT2D eigenvalue weighted by Gasteiger charge is -2.37. The van der Waals surface area contributed by atoms with Gasteiger partial charge in [-0.15, -0.1) is 0 Å². The Balaban J connectivity index is 1.21. The summed E-state index contributed by atoms with van der Waals surface area (Å²) in [4.78, 5) is 80.2. The Hall–Kier alpha value is -5.94. The number of piperidine rings is 1. The molecule has 4 aromatic rings. The number of aliphatic hydroxyl groups is 1. The predicted octanol–water partition coefficient (Wildman–Crippen LogP) is 6.19. The highest BCUT2D eigenvalue weighted by Crippen LogP contribution is 2.43. The molecule has 0 aliphatic carbocycles. The number of nitrogens with one attached hydrogen (secondary N) is 2. The highest BCUT2D eigenvalue weighted by molar-refractivity contribution is 5.97. The number of likely N-dealkylation sites (tertiary alicyclic amines) is 2. The van der Waals surface area contributed by atoms with Gasteiger partial charge in [0.25, 0.3) is 11.8 Å². The van der Waals surface area contributed by atoms with Crippen LogP contribution >= 0.6 is 0 Å². The number of likely N-dealkylation sites (N-methyl/N-ethyl adjacent to an activating group) is 1. The van der Waals surface area contributed by atoms with Crippen molar-refractivity contribution < 1.29 is 38.6 Å². The first kappa shape index (κ1) is 53.4. The maximum absolute atomic E-state index is 14.8. The Morgan fingerprint density at radius 3 is 2.48 bits per heavy atom. The van der Waals surface area contributed by atoms with Gasteiger partial charge in [0.15, 0.2) is 5.60 Å². The molecule has 3 fully saturated rings. The van der Waals surface area contributed by atoms with Crippen molar-refractivity contribution >= 4 is 40.5 Å². The summed E-state index contributed by atoms with van der Waals surface area (Å²) < 4.78 is 14.6. The molecule has 16 heteroatoms. The third-order valence-electron chi connectivity index (χ3n) is 15.7. The second-order valence-electron chi connectivity index (χ2n) is 22.0. The molecular weight excluding hydrogens is 925 g/mol. The van der Waals surface area contributed by atoms with Gasteiger partial charge in [-0.1, -0.05) is 64.6 Å². The number of aromatic nitrogens is 2. The van der Waals surface area contributed by atoms with E-state index in [4.69, 9.17) is 14.5 Å². The summed E-state index contributed by atoms with van der Waals surface area (Å²) in [5.41, 5.74) is 9.81. The molecule has 4 amide bonds. The predicted molar refractivity (Wildman–Crippen MR) is 281 cm³/mol. The number of pyridine rings is 1. The summed E-state index contributed by atoms with van der Waals surface area (Å²) in [7, 11) is 5.36. The van der Waals surface area contributed by atoms with Gasteiger partial charge in [-0.25, -0.2) is 5.43 Å². The van der Waals surface area contributed by atoms with Crippen molar-refractivity contribution in [1.82, 2.24) is 40.0 Å². The number of β-amino-alcohol motifs (C(OH)–C–C–N with tert-alkyl or cyclic N) is 1. The number of fused-ring (bicyclic) bond motifs is 6. The molecule has 0 spiro atoms. The SMILES string of the molecule is C=CC(=O)N1CCC(O)(C(=O)N(C)[C@H](C(=O)N[C@H]2Cc3cccc(c3)-c3ccc4c(c3)c(c(-c3cc(C5CCN(C)CC5)cnc3[C@H](C)OC)n4CC)CC(C)(C)COC(=O)[C@@H]3CCCN(N3)C2=O)C(C)C)C1. The van der Waals surface area contributed by atoms with Crippen molar-refractivity contribution in [3.05, 3.63) is 89.8 Å². The van der Waals surface area contributed by atoms with Crippen LogP contribution in [0.15, 0.2) is 67.4 Å². The minimum atomic E-state index is -1.90. The van der Waals surface area contributed by atoms with Crippen LogP contribution in [0, 0.1) is 11.3 Å². The number of rotatable bonds is 11. The number of carbonyl (C=O) groups excluding carboxylic acids is 5. The average Bonchev–Trinajstić information content (AvgIpc) is 3.94. The van der Waals surface area contributed by atoms with Crippen LogP contribution in [0.25, 0.3) is 33.3 Å². The molecule has 73 heavy (non-hydrogen) atoms. The fourth-order valence-corrected chi connectivity index (χ4v) is 11.5. The first-order chi connectivity index (χ1) is 34.8. The van der Waals surface area contributed by atoms with E-state index in [1.54, 1.807) is 21.0 Å². The molecular formula is C57H76N8O8. The molecule has 4 aliphatic heterocycles. The van der Waals surface area contributed by atoms with E-state index in [2.05, 4.69) is 91.0 Å². The van der Waals surface area contributed by atoms with Gasteiger partial charge in [-0.2, -0.15) is 0 Å². The van der Waals surface area contributed by atoms with Crippen molar-refractivity contribution in [3.8, 4) is 22.4 Å². The van der Waals surface area contributed by atoms with Gasteiger partial charge in [0, 0.05) is 74.7 Å². The first-order valence-electron chi connectivity index (χ1n) is 26.2. The van der Waals surface area contributed by atoms with E-state index in [9.17, 15) is 29.1 Å². The molecule has 2 aromatic heterocycles. The van der Waals surface area contributed by atoms with E-state index in [0.29, 0.717) is 31.7 Å². The highest BCUT2D eigenvalue weighted by atomic mass is 16.5. The van der Waals surface area contributed by atoms with E-state index >= 15 is 0 Å². The normalized spacial score (nSPS) is 22.9. The second-order valence-corrected chi connectivity index (χ2v) is 22.0. The molecule has 0 saturated carbocycles. The Morgan fingerprint density at radius 2 is 1.78 bits per heavy atom. The van der Waals surface area contributed by atoms with Crippen molar-refractivity contribution in [2.45, 2.75) is 129 Å². The van der Waals surface area contributed by atoms with Crippen molar-refractivity contribution in [2.75, 3.05) is 60.5 Å². The lowest BCUT2D eigenvalue weighted by molar-refractivity contribution is -0.156. The fourth-order valence-electron chi connectivity index (χ4n) is 11.5. The number of hydrogen-bond donors (Lipinski definition) is 3. The summed E-state index contributed by atoms with van der Waals surface area (Å²) in [5.74, 6) is -2.65. The van der Waals surface area contributed by atoms with E-state index in [1.165, 1.54) is 27.4 Å². The monoisotopic (exact) mass is 1000 g/mol. The molecule has 1 unspecified atom stereocenters. The standard InChI is InChI=1S/C57H76N8O8/c1-11-48(66)63-26-22-57(71,33-63)55(70)62(9)50(35(3)4)52(67)59-46-28-37-15-13-16-39(27-37)40-18-19-47-42(29-40)44(31-56(6,7)34-73-54(69)45-17-14-23-65(60-45)53(46)68)51(64(47)12-2)43-30-41(32-58-49(43)36(5)72-10)38-20-24-61(8)25-21-38/h11,13,15-16,18-19,27,29-30,32,35-36,38,45-46,50,60,71H,1,12,14,17,20-26,28,31,33-34H2,2-10H3,(H,59,67)/t36-,45-,46-,50-,57?/m0/s1. The Kier molecular flexibility index (Phi) is 16.0. The topological polar surface area (TPSA) is 179 Å². The summed E-state index contributed by atoms with van der Waals surface area (Å²) in [6, 6.07) is 13.9. The number of esters is 1. The molecule has 5 atom stereocenters. The maximum Gasteiger partial charge on any atom is 0.324 e. The van der Waals surface area contributed by atoms with Gasteiger partial charge in [-0.3, -0.25) is 34.0 Å². The summed E-state index contributed by atoms with van der Waals surface area (Å²) in [6.07, 6.45) is 6.65. The summed E-state index contributed by atoms with van der Waals surface area (Å²) >= 11 is 0. The van der Waals surface area contributed by atoms with Gasteiger partial charge in [0.2, 0.25) is 11.8 Å². The molecule has 0 radical (unpaired) electrons. The first-order valence-corrected chi connectivity index (χ1v) is 26.2. The third kappa shape index (κ3) is 11.1. The molecule has 16 nitrogen and oxygen atoms in total. The number of cyclic esters (lactones) is 1. The van der Waals surface area contributed by atoms with E-state index in [1.807, 2.05) is 25.3 Å². The smallest absolute Gasteiger partial charge is 0.324 e. The molecule has 392 valence electrons. The Labute approximate surface area is 430 Å². The summed E-state index contributed by atoms with van der Waals surface area (Å²) in [5, 5.41) is 17.0. The number of nitrogens with zero attached hydrogens (tertiary/aromatic N) is 6. The number of amides is 4. The fraction of sp³-hybridized carbons (Fsp3) is 0.544. The average molecular weight is 1000 g/mol. The largest absolute Gasteiger partial charge is 0.464 e. The van der Waals surface area contributed by atoms with Crippen LogP contribution in [0.1, 0.15) is 108 Å². The highest BCUT2D eigenvalue weighted by Gasteiger charge is 2.48. The van der Waals surface area contributed by atoms with Crippen LogP contribution in [0.2, 0.25) is 0 Å². The number of hydrazine groups is 1. The van der Waals surface area contributed by atoms with E-state index in [-0.39, 0.29) is 45.2 Å². The quantitative estimate of drug-likeness (QED) is 0.115. The van der Waals surface area contributed by atoms with Crippen molar-refractivity contribution in [2.24, 2.45) is 11.3 Å². The zero-order chi connectivity index (χ0) is 52.5. The number of hydrogen-bond acceptors (Lipinski definition) is 11. The third-order valence-corrected chi connectivity index (χ3v) is 15.7. The van der Waals surface area contributed by atoms with Crippen LogP contribution in [-0.4, -0.2) is 148 Å². The van der Waals surface area contributed by atoms with Crippen LogP contribution in [0.5, 0.6) is 0 Å². The van der Waals surface area contributed by atoms with Crippen LogP contribution in [0.4, 0.5) is 0 Å². The zero-order valence-corrected chi connectivity index (χ0v) is 44.3. The number of methoxy groups -OCH3 is 1. The minimum absolute atomic E-state index is 0.000149. The Bertz CT molecular complexity index is 2740. The molecule has 6 heterocycles. The van der Waals surface area contributed by atoms with Crippen LogP contribution in [0.3, 0.4) is 0 Å². The van der Waals surface area contributed by atoms with Crippen LogP contribution in [-0.2, 0) is 52.8 Å². The van der Waals surface area contributed by atoms with Gasteiger partial charge in [0.05, 0.1) is 30.6 Å². The number of aryl methyl sites for hydroxylation is 1. The minimum Gasteiger partial charge on any atom is -0.464 e. The Morgan fingerprint density at radius 1 is 1.04 bits per heavy atom. The van der Waals surface area contributed by atoms with Gasteiger partial charge in [0.1, 0.15) is 18.1 Å². The molecule has 8 rings (SSSR count). The molecule has 3 N–H and O–H groups in total. The number of carbonyl (C=O) groups is 5.